The molecule has 0 heterocycles. The van der Waals surface area contributed by atoms with E-state index in [0.717, 1.165) is 32.1 Å². The van der Waals surface area contributed by atoms with E-state index in [2.05, 4.69) is 17.6 Å². The van der Waals surface area contributed by atoms with Gasteiger partial charge in [-0.2, -0.15) is 0 Å². The predicted octanol–water partition coefficient (Wildman–Crippen LogP) is 5.23. The van der Waals surface area contributed by atoms with Gasteiger partial charge in [-0.15, -0.1) is 0 Å². The predicted molar refractivity (Wildman–Crippen MR) is 144 cm³/mol. The van der Waals surface area contributed by atoms with Gasteiger partial charge in [-0.25, -0.2) is 4.79 Å². The average molecular weight is 512 g/mol. The number of unbranched alkanes of at least 4 members (excludes halogenated alkanes) is 13. The summed E-state index contributed by atoms with van der Waals surface area (Å²) in [7, 11) is 0. The lowest BCUT2D eigenvalue weighted by Gasteiger charge is -2.14. The van der Waals surface area contributed by atoms with Crippen molar-refractivity contribution in [2.45, 2.75) is 142 Å². The topological polar surface area (TPSA) is 139 Å². The number of carboxylic acid groups (broad SMARTS) is 1. The molecule has 0 radical (unpaired) electrons. The number of hydrogen-bond acceptors (Lipinski definition) is 4. The number of amides is 3. The molecule has 36 heavy (non-hydrogen) atoms. The average Bonchev–Trinajstić information content (AvgIpc) is 2.83. The number of primary amides is 1. The van der Waals surface area contributed by atoms with Gasteiger partial charge >= 0.3 is 5.97 Å². The standard InChI is InChI=1S/C28H53N3O5/c1-3-4-5-6-7-8-9-10-11-12-13-14-15-19-26(33)31-24(28(35)36)20-21-25(32)30-22-17-16-18-23(2)27(29)34/h23-24H,3-22H2,1-2H3,(H2,29,34)(H,30,32)(H,31,33)(H,35,36). The van der Waals surface area contributed by atoms with Crippen LogP contribution in [-0.4, -0.2) is 41.4 Å². The summed E-state index contributed by atoms with van der Waals surface area (Å²) >= 11 is 0. The fourth-order valence-electron chi connectivity index (χ4n) is 4.14. The molecule has 2 unspecified atom stereocenters. The zero-order valence-corrected chi connectivity index (χ0v) is 23.0. The van der Waals surface area contributed by atoms with Crippen LogP contribution >= 0.6 is 0 Å². The molecule has 0 aromatic heterocycles. The maximum absolute atomic E-state index is 12.1. The van der Waals surface area contributed by atoms with Crippen molar-refractivity contribution in [3.8, 4) is 0 Å². The Balaban J connectivity index is 3.78. The van der Waals surface area contributed by atoms with E-state index in [1.807, 2.05) is 0 Å². The summed E-state index contributed by atoms with van der Waals surface area (Å²) in [6.07, 6.45) is 18.6. The van der Waals surface area contributed by atoms with Gasteiger partial charge in [0, 0.05) is 25.3 Å². The van der Waals surface area contributed by atoms with Gasteiger partial charge in [0.05, 0.1) is 0 Å². The molecule has 0 aliphatic heterocycles. The first kappa shape index (κ1) is 33.9. The zero-order chi connectivity index (χ0) is 27.0. The molecule has 8 nitrogen and oxygen atoms in total. The molecule has 0 aliphatic rings. The first-order valence-corrected chi connectivity index (χ1v) is 14.4. The number of nitrogens with two attached hydrogens (primary N) is 1. The number of nitrogens with one attached hydrogen (secondary N) is 2. The van der Waals surface area contributed by atoms with Crippen LogP contribution in [0, 0.1) is 5.92 Å². The number of hydrogen-bond donors (Lipinski definition) is 4. The second-order valence-corrected chi connectivity index (χ2v) is 10.1. The molecule has 0 saturated carbocycles. The molecule has 0 spiro atoms. The number of carbonyl (C=O) groups excluding carboxylic acids is 3. The van der Waals surface area contributed by atoms with E-state index in [4.69, 9.17) is 5.73 Å². The molecule has 210 valence electrons. The Labute approximate surface area is 218 Å². The number of carboxylic acids is 1. The minimum Gasteiger partial charge on any atom is -0.480 e. The summed E-state index contributed by atoms with van der Waals surface area (Å²) in [4.78, 5) is 46.6. The van der Waals surface area contributed by atoms with Crippen molar-refractivity contribution in [1.82, 2.24) is 10.6 Å². The van der Waals surface area contributed by atoms with E-state index in [9.17, 15) is 24.3 Å². The van der Waals surface area contributed by atoms with Crippen molar-refractivity contribution < 1.29 is 24.3 Å². The molecule has 3 amide bonds. The second kappa shape index (κ2) is 23.3. The highest BCUT2D eigenvalue weighted by molar-refractivity contribution is 5.84. The van der Waals surface area contributed by atoms with Crippen LogP contribution in [0.4, 0.5) is 0 Å². The Morgan fingerprint density at radius 3 is 1.72 bits per heavy atom. The van der Waals surface area contributed by atoms with Gasteiger partial charge in [-0.1, -0.05) is 97.3 Å². The van der Waals surface area contributed by atoms with Crippen molar-refractivity contribution in [1.29, 1.82) is 0 Å². The van der Waals surface area contributed by atoms with Crippen molar-refractivity contribution in [3.63, 3.8) is 0 Å². The maximum Gasteiger partial charge on any atom is 0.326 e. The Kier molecular flexibility index (Phi) is 21.9. The third kappa shape index (κ3) is 21.2. The third-order valence-electron chi connectivity index (χ3n) is 6.67. The van der Waals surface area contributed by atoms with Gasteiger partial charge < -0.3 is 21.5 Å². The molecular formula is C28H53N3O5. The molecule has 0 fully saturated rings. The normalized spacial score (nSPS) is 12.6. The van der Waals surface area contributed by atoms with Crippen molar-refractivity contribution >= 4 is 23.7 Å². The quantitative estimate of drug-likeness (QED) is 0.124. The number of carbonyl (C=O) groups is 4. The third-order valence-corrected chi connectivity index (χ3v) is 6.67. The Morgan fingerprint density at radius 2 is 1.22 bits per heavy atom. The van der Waals surface area contributed by atoms with E-state index in [1.54, 1.807) is 6.92 Å². The van der Waals surface area contributed by atoms with Crippen LogP contribution in [0.2, 0.25) is 0 Å². The Morgan fingerprint density at radius 1 is 0.694 bits per heavy atom. The lowest BCUT2D eigenvalue weighted by atomic mass is 10.0. The molecule has 0 bridgehead atoms. The van der Waals surface area contributed by atoms with Crippen LogP contribution < -0.4 is 16.4 Å². The molecule has 2 atom stereocenters. The maximum atomic E-state index is 12.1. The lowest BCUT2D eigenvalue weighted by molar-refractivity contribution is -0.142. The van der Waals surface area contributed by atoms with E-state index >= 15 is 0 Å². The molecule has 0 saturated heterocycles. The van der Waals surface area contributed by atoms with Crippen LogP contribution in [0.1, 0.15) is 136 Å². The molecule has 0 aromatic rings. The van der Waals surface area contributed by atoms with Gasteiger partial charge in [0.25, 0.3) is 0 Å². The summed E-state index contributed by atoms with van der Waals surface area (Å²) in [5.74, 6) is -2.14. The van der Waals surface area contributed by atoms with Crippen molar-refractivity contribution in [2.24, 2.45) is 11.7 Å². The summed E-state index contributed by atoms with van der Waals surface area (Å²) in [6, 6.07) is -1.05. The molecule has 0 aromatic carbocycles. The number of rotatable bonds is 25. The molecule has 5 N–H and O–H groups in total. The smallest absolute Gasteiger partial charge is 0.326 e. The Hall–Kier alpha value is -2.12. The SMILES string of the molecule is CCCCCCCCCCCCCCCC(=O)NC(CCC(=O)NCCCCC(C)C(N)=O)C(=O)O. The first-order valence-electron chi connectivity index (χ1n) is 14.4. The van der Waals surface area contributed by atoms with E-state index in [0.29, 0.717) is 19.4 Å². The highest BCUT2D eigenvalue weighted by Crippen LogP contribution is 2.13. The van der Waals surface area contributed by atoms with Crippen LogP contribution in [0.5, 0.6) is 0 Å². The van der Waals surface area contributed by atoms with Crippen LogP contribution in [0.25, 0.3) is 0 Å². The van der Waals surface area contributed by atoms with E-state index in [-0.39, 0.29) is 36.5 Å². The summed E-state index contributed by atoms with van der Waals surface area (Å²) < 4.78 is 0. The van der Waals surface area contributed by atoms with E-state index < -0.39 is 12.0 Å². The van der Waals surface area contributed by atoms with Gasteiger partial charge in [0.1, 0.15) is 6.04 Å². The Bertz CT molecular complexity index is 612. The monoisotopic (exact) mass is 511 g/mol. The minimum atomic E-state index is -1.12. The molecule has 8 heteroatoms. The molecule has 0 rings (SSSR count). The van der Waals surface area contributed by atoms with Gasteiger partial charge in [0.15, 0.2) is 0 Å². The first-order chi connectivity index (χ1) is 17.3. The summed E-state index contributed by atoms with van der Waals surface area (Å²) in [6.45, 7) is 4.48. The van der Waals surface area contributed by atoms with Crippen LogP contribution in [-0.2, 0) is 19.2 Å². The van der Waals surface area contributed by atoms with Crippen molar-refractivity contribution in [3.05, 3.63) is 0 Å². The van der Waals surface area contributed by atoms with E-state index in [1.165, 1.54) is 64.2 Å². The fraction of sp³-hybridized carbons (Fsp3) is 0.857. The second-order valence-electron chi connectivity index (χ2n) is 10.1. The van der Waals surface area contributed by atoms with Crippen molar-refractivity contribution in [2.75, 3.05) is 6.54 Å². The summed E-state index contributed by atoms with van der Waals surface area (Å²) in [5.41, 5.74) is 5.22. The molecular weight excluding hydrogens is 458 g/mol. The van der Waals surface area contributed by atoms with Gasteiger partial charge in [-0.05, 0) is 25.7 Å². The van der Waals surface area contributed by atoms with Gasteiger partial charge in [-0.3, -0.25) is 14.4 Å². The molecule has 0 aliphatic carbocycles. The highest BCUT2D eigenvalue weighted by Gasteiger charge is 2.20. The zero-order valence-electron chi connectivity index (χ0n) is 23.0. The minimum absolute atomic E-state index is 0.0354. The van der Waals surface area contributed by atoms with Crippen LogP contribution in [0.3, 0.4) is 0 Å². The number of aliphatic carboxylic acids is 1. The summed E-state index contributed by atoms with van der Waals surface area (Å²) in [5, 5.41) is 14.7. The fourth-order valence-corrected chi connectivity index (χ4v) is 4.14. The van der Waals surface area contributed by atoms with Gasteiger partial charge in [0.2, 0.25) is 17.7 Å². The lowest BCUT2D eigenvalue weighted by Crippen LogP contribution is -2.41. The highest BCUT2D eigenvalue weighted by atomic mass is 16.4. The largest absolute Gasteiger partial charge is 0.480 e. The van der Waals surface area contributed by atoms with Crippen LogP contribution in [0.15, 0.2) is 0 Å².